The van der Waals surface area contributed by atoms with Gasteiger partial charge in [-0.2, -0.15) is 0 Å². The van der Waals surface area contributed by atoms with Gasteiger partial charge in [0.1, 0.15) is 0 Å². The average molecular weight is 1050 g/mol. The van der Waals surface area contributed by atoms with Crippen molar-refractivity contribution in [2.75, 3.05) is 4.90 Å². The molecule has 0 amide bonds. The number of anilines is 3. The number of rotatable bonds is 12. The highest BCUT2D eigenvalue weighted by molar-refractivity contribution is 5.93. The molecule has 5 saturated carbocycles. The Hall–Kier alpha value is -6.44. The van der Waals surface area contributed by atoms with Crippen LogP contribution >= 0.6 is 0 Å². The van der Waals surface area contributed by atoms with Crippen LogP contribution in [-0.4, -0.2) is 0 Å². The van der Waals surface area contributed by atoms with Gasteiger partial charge in [-0.1, -0.05) is 248 Å². The van der Waals surface area contributed by atoms with Crippen molar-refractivity contribution in [2.24, 2.45) is 0 Å². The third kappa shape index (κ3) is 9.81. The Balaban J connectivity index is 0.951. The number of hydrogen-bond donors (Lipinski definition) is 0. The molecule has 0 spiro atoms. The molecule has 0 atom stereocenters. The molecule has 1 nitrogen and oxygen atoms in total. The van der Waals surface area contributed by atoms with Gasteiger partial charge in [0.2, 0.25) is 0 Å². The van der Waals surface area contributed by atoms with Crippen molar-refractivity contribution in [1.29, 1.82) is 0 Å². The van der Waals surface area contributed by atoms with Crippen molar-refractivity contribution in [3.8, 4) is 33.4 Å². The van der Waals surface area contributed by atoms with Crippen LogP contribution in [0, 0.1) is 0 Å². The maximum absolute atomic E-state index is 2.77. The highest BCUT2D eigenvalue weighted by Crippen LogP contribution is 2.58. The monoisotopic (exact) mass is 1050 g/mol. The normalized spacial score (nSPS) is 19.4. The SMILES string of the molecule is c1ccc(-c2ccccc2N(c2ccc(-c3c(C4CCCCC4)cc(C4CCCCC4)cc3C3CCCCC3)cc2)c2ccc3c(c2)C(c2ccc(C4CCCCC4)cc2)(c2ccc(C4CCCCC4)cc2)c2ccccc2-3)cc1. The van der Waals surface area contributed by atoms with Gasteiger partial charge in [0.05, 0.1) is 11.1 Å². The second-order valence-corrected chi connectivity index (χ2v) is 25.8. The van der Waals surface area contributed by atoms with Gasteiger partial charge in [-0.3, -0.25) is 0 Å². The minimum Gasteiger partial charge on any atom is -0.310 e. The van der Waals surface area contributed by atoms with Crippen molar-refractivity contribution in [1.82, 2.24) is 0 Å². The van der Waals surface area contributed by atoms with E-state index >= 15 is 0 Å². The molecule has 8 aromatic carbocycles. The maximum Gasteiger partial charge on any atom is 0.0714 e. The molecule has 0 heterocycles. The molecule has 0 radical (unpaired) electrons. The van der Waals surface area contributed by atoms with Crippen molar-refractivity contribution in [3.63, 3.8) is 0 Å². The first kappa shape index (κ1) is 51.7. The molecule has 406 valence electrons. The van der Waals surface area contributed by atoms with Crippen LogP contribution in [0.5, 0.6) is 0 Å². The summed E-state index contributed by atoms with van der Waals surface area (Å²) in [5.74, 6) is 3.30. The van der Waals surface area contributed by atoms with Crippen LogP contribution in [0.2, 0.25) is 0 Å². The van der Waals surface area contributed by atoms with Crippen molar-refractivity contribution in [3.05, 3.63) is 232 Å². The number of fused-ring (bicyclic) bond motifs is 3. The second kappa shape index (κ2) is 23.2. The predicted octanol–water partition coefficient (Wildman–Crippen LogP) is 23.1. The second-order valence-electron chi connectivity index (χ2n) is 25.8. The Morgan fingerprint density at radius 1 is 0.287 bits per heavy atom. The number of para-hydroxylation sites is 1. The molecule has 8 aromatic rings. The number of benzene rings is 8. The minimum atomic E-state index is -0.512. The van der Waals surface area contributed by atoms with Crippen LogP contribution in [0.15, 0.2) is 182 Å². The number of nitrogens with zero attached hydrogens (tertiary/aromatic N) is 1. The van der Waals surface area contributed by atoms with Crippen LogP contribution in [0.25, 0.3) is 33.4 Å². The molecule has 6 aliphatic carbocycles. The molecule has 0 unspecified atom stereocenters. The third-order valence-corrected chi connectivity index (χ3v) is 21.2. The fourth-order valence-electron chi connectivity index (χ4n) is 17.0. The fraction of sp³-hybridized carbons (Fsp3) is 0.392. The molecule has 14 rings (SSSR count). The molecule has 0 aromatic heterocycles. The van der Waals surface area contributed by atoms with Crippen LogP contribution in [0.1, 0.15) is 240 Å². The zero-order valence-electron chi connectivity index (χ0n) is 47.8. The minimum absolute atomic E-state index is 0.512. The topological polar surface area (TPSA) is 3.24 Å². The lowest BCUT2D eigenvalue weighted by molar-refractivity contribution is 0.428. The predicted molar refractivity (Wildman–Crippen MR) is 338 cm³/mol. The quantitative estimate of drug-likeness (QED) is 0.118. The van der Waals surface area contributed by atoms with Gasteiger partial charge in [-0.15, -0.1) is 0 Å². The first-order valence-corrected chi connectivity index (χ1v) is 32.4. The molecular weight excluding hydrogens is 963 g/mol. The first-order chi connectivity index (χ1) is 39.7. The third-order valence-electron chi connectivity index (χ3n) is 21.2. The maximum atomic E-state index is 2.77. The van der Waals surface area contributed by atoms with Crippen LogP contribution in [-0.2, 0) is 5.41 Å². The smallest absolute Gasteiger partial charge is 0.0714 e. The summed E-state index contributed by atoms with van der Waals surface area (Å²) in [6.07, 6.45) is 33.7. The molecular formula is C79H85N. The van der Waals surface area contributed by atoms with Crippen LogP contribution in [0.3, 0.4) is 0 Å². The molecule has 0 N–H and O–H groups in total. The zero-order chi connectivity index (χ0) is 53.2. The van der Waals surface area contributed by atoms with E-state index in [9.17, 15) is 0 Å². The molecule has 0 aliphatic heterocycles. The highest BCUT2D eigenvalue weighted by Gasteiger charge is 2.47. The van der Waals surface area contributed by atoms with Crippen molar-refractivity contribution in [2.45, 2.75) is 196 Å². The van der Waals surface area contributed by atoms with Gasteiger partial charge in [0.25, 0.3) is 0 Å². The van der Waals surface area contributed by atoms with Gasteiger partial charge in [0, 0.05) is 16.9 Å². The summed E-state index contributed by atoms with van der Waals surface area (Å²) < 4.78 is 0. The standard InChI is InChI=1S/C79H85N/c1-7-23-56(24-8-1)59-39-45-66(46-40-59)79(67-47-41-60(42-48-67)57-25-9-2-10-26-57)75-37-21-19-36-71(75)72-52-51-69(55-76(72)79)80(77-38-22-20-35-70(77)61-29-13-4-14-30-61)68-49-43-64(44-50-68)78-73(62-31-15-5-16-32-62)53-65(58-27-11-3-12-28-58)54-74(78)63-33-17-6-18-34-63/h4,13-14,19-22,29-30,35-58,62-63H,1-3,5-12,15-18,23-28,31-34H2. The van der Waals surface area contributed by atoms with Crippen molar-refractivity contribution < 1.29 is 0 Å². The Bertz CT molecular complexity index is 3270. The summed E-state index contributed by atoms with van der Waals surface area (Å²) >= 11 is 0. The van der Waals surface area contributed by atoms with E-state index in [1.807, 2.05) is 0 Å². The molecule has 0 bridgehead atoms. The van der Waals surface area contributed by atoms with Gasteiger partial charge in [0.15, 0.2) is 0 Å². The van der Waals surface area contributed by atoms with Crippen LogP contribution < -0.4 is 4.90 Å². The van der Waals surface area contributed by atoms with E-state index in [2.05, 4.69) is 187 Å². The van der Waals surface area contributed by atoms with E-state index in [0.717, 1.165) is 0 Å². The lowest BCUT2D eigenvalue weighted by Crippen LogP contribution is -2.29. The fourth-order valence-corrected chi connectivity index (χ4v) is 17.0. The molecule has 6 aliphatic rings. The molecule has 80 heavy (non-hydrogen) atoms. The van der Waals surface area contributed by atoms with E-state index in [-0.39, 0.29) is 0 Å². The number of hydrogen-bond acceptors (Lipinski definition) is 1. The molecule has 1 heteroatoms. The Labute approximate surface area is 480 Å². The summed E-state index contributed by atoms with van der Waals surface area (Å²) in [6.45, 7) is 0. The highest BCUT2D eigenvalue weighted by atomic mass is 15.1. The van der Waals surface area contributed by atoms with Gasteiger partial charge >= 0.3 is 0 Å². The molecule has 0 saturated heterocycles. The van der Waals surface area contributed by atoms with E-state index in [1.165, 1.54) is 239 Å². The molecule has 5 fully saturated rings. The van der Waals surface area contributed by atoms with Crippen LogP contribution in [0.4, 0.5) is 17.1 Å². The van der Waals surface area contributed by atoms with Gasteiger partial charge < -0.3 is 4.90 Å². The lowest BCUT2D eigenvalue weighted by Gasteiger charge is -2.36. The van der Waals surface area contributed by atoms with E-state index in [1.54, 1.807) is 22.3 Å². The van der Waals surface area contributed by atoms with E-state index in [0.29, 0.717) is 29.6 Å². The summed E-state index contributed by atoms with van der Waals surface area (Å²) in [6, 6.07) is 73.0. The zero-order valence-corrected chi connectivity index (χ0v) is 47.8. The summed E-state index contributed by atoms with van der Waals surface area (Å²) in [4.78, 5) is 2.61. The average Bonchev–Trinajstić information content (AvgIpc) is 4.07. The van der Waals surface area contributed by atoms with E-state index < -0.39 is 5.41 Å². The Morgan fingerprint density at radius 3 is 1.24 bits per heavy atom. The largest absolute Gasteiger partial charge is 0.310 e. The lowest BCUT2D eigenvalue weighted by atomic mass is 9.67. The Morgan fingerprint density at radius 2 is 0.713 bits per heavy atom. The van der Waals surface area contributed by atoms with Crippen molar-refractivity contribution >= 4 is 17.1 Å². The van der Waals surface area contributed by atoms with Gasteiger partial charge in [-0.25, -0.2) is 0 Å². The summed E-state index contributed by atoms with van der Waals surface area (Å²) in [5, 5.41) is 0. The van der Waals surface area contributed by atoms with Gasteiger partial charge in [-0.05, 0) is 202 Å². The first-order valence-electron chi connectivity index (χ1n) is 32.4. The van der Waals surface area contributed by atoms with E-state index in [4.69, 9.17) is 0 Å². The summed E-state index contributed by atoms with van der Waals surface area (Å²) in [7, 11) is 0. The Kier molecular flexibility index (Phi) is 15.0. The summed E-state index contributed by atoms with van der Waals surface area (Å²) in [5.41, 5.74) is 24.8.